The van der Waals surface area contributed by atoms with Gasteiger partial charge in [-0.25, -0.2) is 9.36 Å². The summed E-state index contributed by atoms with van der Waals surface area (Å²) in [5.41, 5.74) is 2.04. The molecule has 6 nitrogen and oxygen atoms in total. The molecular formula is C20H30N2O4Si. The Morgan fingerprint density at radius 1 is 1.19 bits per heavy atom. The van der Waals surface area contributed by atoms with Crippen LogP contribution in [0.15, 0.2) is 27.8 Å². The minimum Gasteiger partial charge on any atom is -0.508 e. The zero-order valence-electron chi connectivity index (χ0n) is 17.1. The highest BCUT2D eigenvalue weighted by molar-refractivity contribution is 6.76. The number of aryl methyl sites for hydroxylation is 1. The molecule has 0 amide bonds. The Hall–Kier alpha value is -2.12. The molecule has 0 bridgehead atoms. The lowest BCUT2D eigenvalue weighted by molar-refractivity contribution is 0.0805. The second kappa shape index (κ2) is 8.27. The molecule has 0 aliphatic heterocycles. The van der Waals surface area contributed by atoms with Gasteiger partial charge in [-0.1, -0.05) is 26.6 Å². The van der Waals surface area contributed by atoms with Gasteiger partial charge in [0.15, 0.2) is 0 Å². The molecular weight excluding hydrogens is 360 g/mol. The van der Waals surface area contributed by atoms with Crippen molar-refractivity contribution in [2.24, 2.45) is 7.05 Å². The van der Waals surface area contributed by atoms with Crippen molar-refractivity contribution in [2.45, 2.75) is 52.7 Å². The highest BCUT2D eigenvalue weighted by Crippen LogP contribution is 2.27. The number of benzene rings is 1. The maximum atomic E-state index is 13.0. The minimum absolute atomic E-state index is 0.0299. The van der Waals surface area contributed by atoms with E-state index >= 15 is 0 Å². The van der Waals surface area contributed by atoms with E-state index < -0.39 is 13.8 Å². The molecule has 0 aliphatic rings. The Morgan fingerprint density at radius 2 is 1.85 bits per heavy atom. The highest BCUT2D eigenvalue weighted by atomic mass is 28.3. The molecule has 148 valence electrons. The molecule has 0 saturated heterocycles. The van der Waals surface area contributed by atoms with Crippen molar-refractivity contribution in [3.8, 4) is 17.0 Å². The van der Waals surface area contributed by atoms with Gasteiger partial charge in [0, 0.05) is 32.9 Å². The summed E-state index contributed by atoms with van der Waals surface area (Å²) in [5.74, 6) is 0.156. The van der Waals surface area contributed by atoms with Crippen molar-refractivity contribution < 1.29 is 9.84 Å². The average Bonchev–Trinajstić information content (AvgIpc) is 2.57. The topological polar surface area (TPSA) is 73.5 Å². The molecule has 1 aromatic carbocycles. The zero-order chi connectivity index (χ0) is 20.4. The summed E-state index contributed by atoms with van der Waals surface area (Å²) in [7, 11) is 0.436. The number of aromatic hydroxyl groups is 1. The highest BCUT2D eigenvalue weighted by Gasteiger charge is 2.19. The van der Waals surface area contributed by atoms with Crippen LogP contribution in [0.2, 0.25) is 25.7 Å². The van der Waals surface area contributed by atoms with Gasteiger partial charge in [-0.3, -0.25) is 9.36 Å². The van der Waals surface area contributed by atoms with E-state index in [4.69, 9.17) is 4.74 Å². The zero-order valence-corrected chi connectivity index (χ0v) is 18.1. The lowest BCUT2D eigenvalue weighted by atomic mass is 10.00. The molecule has 0 unspecified atom stereocenters. The summed E-state index contributed by atoms with van der Waals surface area (Å²) in [6.07, 6.45) is 0.498. The van der Waals surface area contributed by atoms with Crippen LogP contribution < -0.4 is 11.2 Å². The van der Waals surface area contributed by atoms with Crippen LogP contribution in [0.25, 0.3) is 11.3 Å². The lowest BCUT2D eigenvalue weighted by Crippen LogP contribution is -2.42. The first-order valence-corrected chi connectivity index (χ1v) is 13.0. The van der Waals surface area contributed by atoms with Gasteiger partial charge < -0.3 is 9.84 Å². The number of ether oxygens (including phenoxy) is 1. The molecule has 2 rings (SSSR count). The normalized spacial score (nSPS) is 11.8. The van der Waals surface area contributed by atoms with E-state index in [2.05, 4.69) is 19.6 Å². The number of aromatic nitrogens is 2. The van der Waals surface area contributed by atoms with Crippen LogP contribution in [0, 0.1) is 6.92 Å². The third kappa shape index (κ3) is 4.78. The monoisotopic (exact) mass is 390 g/mol. The molecule has 7 heteroatoms. The average molecular weight is 391 g/mol. The second-order valence-corrected chi connectivity index (χ2v) is 13.7. The van der Waals surface area contributed by atoms with E-state index in [1.807, 2.05) is 13.8 Å². The molecule has 27 heavy (non-hydrogen) atoms. The first kappa shape index (κ1) is 21.2. The van der Waals surface area contributed by atoms with Gasteiger partial charge in [-0.2, -0.15) is 0 Å². The largest absolute Gasteiger partial charge is 0.508 e. The van der Waals surface area contributed by atoms with E-state index in [0.717, 1.165) is 17.2 Å². The van der Waals surface area contributed by atoms with Crippen LogP contribution in [0.1, 0.15) is 18.1 Å². The third-order valence-corrected chi connectivity index (χ3v) is 6.38. The number of hydrogen-bond donors (Lipinski definition) is 1. The van der Waals surface area contributed by atoms with Crippen molar-refractivity contribution in [2.75, 3.05) is 6.61 Å². The summed E-state index contributed by atoms with van der Waals surface area (Å²) in [6, 6.07) is 5.92. The summed E-state index contributed by atoms with van der Waals surface area (Å²) in [4.78, 5) is 25.8. The van der Waals surface area contributed by atoms with Crippen LogP contribution in [0.5, 0.6) is 5.75 Å². The van der Waals surface area contributed by atoms with E-state index in [1.165, 1.54) is 9.13 Å². The molecule has 1 N–H and O–H groups in total. The first-order chi connectivity index (χ1) is 12.6. The number of phenols is 1. The molecule has 0 atom stereocenters. The Morgan fingerprint density at radius 3 is 2.41 bits per heavy atom. The number of phenolic OH excluding ortho intramolecular Hbond substituents is 1. The summed E-state index contributed by atoms with van der Waals surface area (Å²) < 4.78 is 8.32. The maximum absolute atomic E-state index is 13.0. The predicted molar refractivity (Wildman–Crippen MR) is 111 cm³/mol. The second-order valence-electron chi connectivity index (χ2n) is 8.10. The Balaban J connectivity index is 2.48. The summed E-state index contributed by atoms with van der Waals surface area (Å²) in [5, 5.41) is 9.66. The van der Waals surface area contributed by atoms with Gasteiger partial charge in [0.05, 0.1) is 5.69 Å². The van der Waals surface area contributed by atoms with Crippen molar-refractivity contribution in [3.63, 3.8) is 0 Å². The van der Waals surface area contributed by atoms with Crippen molar-refractivity contribution in [1.29, 1.82) is 0 Å². The van der Waals surface area contributed by atoms with Gasteiger partial charge in [-0.15, -0.1) is 0 Å². The minimum atomic E-state index is -1.23. The van der Waals surface area contributed by atoms with Gasteiger partial charge in [0.25, 0.3) is 5.56 Å². The number of rotatable bonds is 7. The van der Waals surface area contributed by atoms with Crippen LogP contribution in [-0.4, -0.2) is 28.9 Å². The molecule has 0 radical (unpaired) electrons. The van der Waals surface area contributed by atoms with E-state index in [0.29, 0.717) is 24.3 Å². The Labute approximate surface area is 161 Å². The SMILES string of the molecule is CCc1c(-c2ccc(O)cc2C)n(C)c(=O)n(COCC[Si](C)(C)C)c1=O. The van der Waals surface area contributed by atoms with Crippen molar-refractivity contribution in [1.82, 2.24) is 9.13 Å². The van der Waals surface area contributed by atoms with E-state index in [-0.39, 0.29) is 18.0 Å². The van der Waals surface area contributed by atoms with Gasteiger partial charge >= 0.3 is 5.69 Å². The maximum Gasteiger partial charge on any atom is 0.333 e. The molecule has 2 aromatic rings. The molecule has 1 aromatic heterocycles. The van der Waals surface area contributed by atoms with Gasteiger partial charge in [0.1, 0.15) is 12.5 Å². The number of hydrogen-bond acceptors (Lipinski definition) is 4. The van der Waals surface area contributed by atoms with Crippen LogP contribution in [-0.2, 0) is 24.9 Å². The van der Waals surface area contributed by atoms with Crippen LogP contribution in [0.3, 0.4) is 0 Å². The Kier molecular flexibility index (Phi) is 6.49. The summed E-state index contributed by atoms with van der Waals surface area (Å²) in [6.45, 7) is 11.0. The number of nitrogens with zero attached hydrogens (tertiary/aromatic N) is 2. The molecule has 0 aliphatic carbocycles. The fourth-order valence-corrected chi connectivity index (χ4v) is 3.81. The first-order valence-electron chi connectivity index (χ1n) is 9.27. The van der Waals surface area contributed by atoms with E-state index in [1.54, 1.807) is 25.2 Å². The lowest BCUT2D eigenvalue weighted by Gasteiger charge is -2.19. The summed E-state index contributed by atoms with van der Waals surface area (Å²) >= 11 is 0. The smallest absolute Gasteiger partial charge is 0.333 e. The van der Waals surface area contributed by atoms with Crippen molar-refractivity contribution >= 4 is 8.07 Å². The van der Waals surface area contributed by atoms with Crippen LogP contribution in [0.4, 0.5) is 0 Å². The predicted octanol–water partition coefficient (Wildman–Crippen LogP) is 3.10. The Bertz CT molecular complexity index is 939. The fourth-order valence-electron chi connectivity index (χ4n) is 3.05. The quantitative estimate of drug-likeness (QED) is 0.582. The van der Waals surface area contributed by atoms with Crippen LogP contribution >= 0.6 is 0 Å². The van der Waals surface area contributed by atoms with Gasteiger partial charge in [-0.05, 0) is 43.2 Å². The third-order valence-electron chi connectivity index (χ3n) is 4.68. The van der Waals surface area contributed by atoms with E-state index in [9.17, 15) is 14.7 Å². The standard InChI is InChI=1S/C20H30N2O4Si/c1-7-16-18(17-9-8-15(23)12-14(17)2)21(3)20(25)22(19(16)24)13-26-10-11-27(4,5)6/h8-9,12,23H,7,10-11,13H2,1-6H3. The van der Waals surface area contributed by atoms with Gasteiger partial charge in [0.2, 0.25) is 0 Å². The molecule has 0 spiro atoms. The fraction of sp³-hybridized carbons (Fsp3) is 0.500. The molecule has 1 heterocycles. The molecule has 0 saturated carbocycles. The molecule has 0 fully saturated rings. The van der Waals surface area contributed by atoms with Crippen molar-refractivity contribution in [3.05, 3.63) is 50.2 Å².